The summed E-state index contributed by atoms with van der Waals surface area (Å²) in [5.41, 5.74) is 0.294. The summed E-state index contributed by atoms with van der Waals surface area (Å²) in [6, 6.07) is 6.06. The molecule has 7 nitrogen and oxygen atoms in total. The fraction of sp³-hybridized carbons (Fsp3) is 0.267. The summed E-state index contributed by atoms with van der Waals surface area (Å²) >= 11 is 0. The number of aromatic nitrogens is 2. The summed E-state index contributed by atoms with van der Waals surface area (Å²) in [6.45, 7) is 1.02. The van der Waals surface area contributed by atoms with Crippen LogP contribution in [-0.2, 0) is 6.54 Å². The van der Waals surface area contributed by atoms with Gasteiger partial charge < -0.3 is 14.7 Å². The fourth-order valence-corrected chi connectivity index (χ4v) is 1.97. The predicted octanol–water partition coefficient (Wildman–Crippen LogP) is 1.36. The summed E-state index contributed by atoms with van der Waals surface area (Å²) in [7, 11) is 3.09. The van der Waals surface area contributed by atoms with Crippen LogP contribution in [0.15, 0.2) is 36.7 Å². The van der Waals surface area contributed by atoms with Gasteiger partial charge in [0.2, 0.25) is 0 Å². The molecule has 0 aliphatic heterocycles. The van der Waals surface area contributed by atoms with Gasteiger partial charge in [0.1, 0.15) is 5.75 Å². The monoisotopic (exact) mass is 303 g/mol. The molecule has 0 saturated carbocycles. The van der Waals surface area contributed by atoms with Gasteiger partial charge in [-0.25, -0.2) is 4.79 Å². The molecule has 1 heterocycles. The number of methoxy groups -OCH3 is 1. The van der Waals surface area contributed by atoms with Gasteiger partial charge in [0.05, 0.1) is 19.2 Å². The minimum absolute atomic E-state index is 0.0168. The molecule has 1 aromatic heterocycles. The molecule has 2 aromatic rings. The van der Waals surface area contributed by atoms with Crippen LogP contribution in [0.1, 0.15) is 20.7 Å². The van der Waals surface area contributed by atoms with E-state index < -0.39 is 5.97 Å². The van der Waals surface area contributed by atoms with E-state index in [0.717, 1.165) is 0 Å². The molecule has 2 rings (SSSR count). The van der Waals surface area contributed by atoms with E-state index in [4.69, 9.17) is 9.84 Å². The number of rotatable bonds is 6. The van der Waals surface area contributed by atoms with Crippen molar-refractivity contribution < 1.29 is 19.4 Å². The maximum absolute atomic E-state index is 12.4. The van der Waals surface area contributed by atoms with Gasteiger partial charge in [0, 0.05) is 31.5 Å². The van der Waals surface area contributed by atoms with Crippen molar-refractivity contribution in [3.63, 3.8) is 0 Å². The number of carbonyl (C=O) groups is 2. The number of carboxylic acids is 1. The SMILES string of the molecule is COc1cc(C(=O)O)cc(C(=O)N(C)CCn2cccn2)c1. The van der Waals surface area contributed by atoms with Crippen LogP contribution in [0.5, 0.6) is 5.75 Å². The van der Waals surface area contributed by atoms with E-state index >= 15 is 0 Å². The van der Waals surface area contributed by atoms with E-state index in [1.165, 1.54) is 30.2 Å². The van der Waals surface area contributed by atoms with E-state index in [1.807, 2.05) is 12.3 Å². The van der Waals surface area contributed by atoms with E-state index in [0.29, 0.717) is 18.8 Å². The molecule has 1 N–H and O–H groups in total. The minimum atomic E-state index is -1.10. The molecule has 0 atom stereocenters. The van der Waals surface area contributed by atoms with Crippen LogP contribution in [0.25, 0.3) is 0 Å². The Bertz CT molecular complexity index is 667. The van der Waals surface area contributed by atoms with Crippen molar-refractivity contribution in [1.82, 2.24) is 14.7 Å². The molecule has 0 aliphatic carbocycles. The first-order valence-electron chi connectivity index (χ1n) is 6.66. The van der Waals surface area contributed by atoms with Crippen molar-refractivity contribution in [2.24, 2.45) is 0 Å². The number of benzene rings is 1. The number of ether oxygens (including phenoxy) is 1. The van der Waals surface area contributed by atoms with Gasteiger partial charge >= 0.3 is 5.97 Å². The van der Waals surface area contributed by atoms with Gasteiger partial charge in [-0.1, -0.05) is 0 Å². The lowest BCUT2D eigenvalue weighted by Gasteiger charge is -2.18. The summed E-state index contributed by atoms with van der Waals surface area (Å²) in [6.07, 6.45) is 3.48. The molecule has 7 heteroatoms. The largest absolute Gasteiger partial charge is 0.497 e. The second-order valence-electron chi connectivity index (χ2n) is 4.75. The van der Waals surface area contributed by atoms with E-state index in [1.54, 1.807) is 17.9 Å². The highest BCUT2D eigenvalue weighted by Crippen LogP contribution is 2.18. The Hall–Kier alpha value is -2.83. The highest BCUT2D eigenvalue weighted by Gasteiger charge is 2.16. The quantitative estimate of drug-likeness (QED) is 0.871. The molecule has 0 aliphatic rings. The number of likely N-dealkylation sites (N-methyl/N-ethyl adjacent to an activating group) is 1. The molecule has 0 fully saturated rings. The Morgan fingerprint density at radius 3 is 2.64 bits per heavy atom. The molecule has 0 unspecified atom stereocenters. The van der Waals surface area contributed by atoms with Crippen molar-refractivity contribution in [1.29, 1.82) is 0 Å². The average Bonchev–Trinajstić information content (AvgIpc) is 3.04. The van der Waals surface area contributed by atoms with Gasteiger partial charge in [-0.3, -0.25) is 9.48 Å². The first kappa shape index (κ1) is 15.6. The molecular formula is C15H17N3O4. The van der Waals surface area contributed by atoms with Crippen LogP contribution >= 0.6 is 0 Å². The third-order valence-electron chi connectivity index (χ3n) is 3.21. The van der Waals surface area contributed by atoms with Crippen LogP contribution in [-0.4, -0.2) is 52.4 Å². The number of hydrogen-bond acceptors (Lipinski definition) is 4. The zero-order chi connectivity index (χ0) is 16.1. The van der Waals surface area contributed by atoms with Crippen LogP contribution in [0.3, 0.4) is 0 Å². The lowest BCUT2D eigenvalue weighted by Crippen LogP contribution is -2.30. The first-order valence-corrected chi connectivity index (χ1v) is 6.66. The number of carboxylic acid groups (broad SMARTS) is 1. The maximum Gasteiger partial charge on any atom is 0.335 e. The molecule has 22 heavy (non-hydrogen) atoms. The number of nitrogens with zero attached hydrogens (tertiary/aromatic N) is 3. The van der Waals surface area contributed by atoms with Crippen LogP contribution in [0.2, 0.25) is 0 Å². The zero-order valence-corrected chi connectivity index (χ0v) is 12.4. The first-order chi connectivity index (χ1) is 10.5. The van der Waals surface area contributed by atoms with Crippen molar-refractivity contribution in [3.8, 4) is 5.75 Å². The van der Waals surface area contributed by atoms with Gasteiger partial charge in [0.25, 0.3) is 5.91 Å². The van der Waals surface area contributed by atoms with Gasteiger partial charge in [0.15, 0.2) is 0 Å². The van der Waals surface area contributed by atoms with Crippen LogP contribution < -0.4 is 4.74 Å². The minimum Gasteiger partial charge on any atom is -0.497 e. The summed E-state index contributed by atoms with van der Waals surface area (Å²) in [4.78, 5) is 25.0. The van der Waals surface area contributed by atoms with Gasteiger partial charge in [-0.2, -0.15) is 5.10 Å². The second kappa shape index (κ2) is 6.75. The average molecular weight is 303 g/mol. The molecule has 0 radical (unpaired) electrons. The Morgan fingerprint density at radius 2 is 2.05 bits per heavy atom. The predicted molar refractivity (Wildman–Crippen MR) is 79.1 cm³/mol. The van der Waals surface area contributed by atoms with Crippen molar-refractivity contribution in [3.05, 3.63) is 47.8 Å². The van der Waals surface area contributed by atoms with E-state index in [2.05, 4.69) is 5.10 Å². The Morgan fingerprint density at radius 1 is 1.32 bits per heavy atom. The Labute approximate surface area is 127 Å². The number of aromatic carboxylic acids is 1. The van der Waals surface area contributed by atoms with Gasteiger partial charge in [-0.05, 0) is 24.3 Å². The summed E-state index contributed by atoms with van der Waals surface area (Å²) in [5.74, 6) is -1.04. The smallest absolute Gasteiger partial charge is 0.335 e. The number of amides is 1. The van der Waals surface area contributed by atoms with Crippen molar-refractivity contribution >= 4 is 11.9 Å². The molecule has 0 saturated heterocycles. The topological polar surface area (TPSA) is 84.7 Å². The summed E-state index contributed by atoms with van der Waals surface area (Å²) in [5, 5.41) is 13.2. The molecule has 1 amide bonds. The molecule has 0 bridgehead atoms. The van der Waals surface area contributed by atoms with Gasteiger partial charge in [-0.15, -0.1) is 0 Å². The Kier molecular flexibility index (Phi) is 4.77. The fourth-order valence-electron chi connectivity index (χ4n) is 1.97. The van der Waals surface area contributed by atoms with Crippen molar-refractivity contribution in [2.45, 2.75) is 6.54 Å². The van der Waals surface area contributed by atoms with Crippen LogP contribution in [0.4, 0.5) is 0 Å². The standard InChI is InChI=1S/C15H17N3O4/c1-17(6-7-18-5-3-4-16-18)14(19)11-8-12(15(20)21)10-13(9-11)22-2/h3-5,8-10H,6-7H2,1-2H3,(H,20,21). The number of hydrogen-bond donors (Lipinski definition) is 1. The highest BCUT2D eigenvalue weighted by molar-refractivity contribution is 5.98. The molecular weight excluding hydrogens is 286 g/mol. The second-order valence-corrected chi connectivity index (χ2v) is 4.75. The van der Waals surface area contributed by atoms with E-state index in [-0.39, 0.29) is 17.0 Å². The molecule has 0 spiro atoms. The highest BCUT2D eigenvalue weighted by atomic mass is 16.5. The van der Waals surface area contributed by atoms with E-state index in [9.17, 15) is 9.59 Å². The number of carbonyl (C=O) groups excluding carboxylic acids is 1. The summed E-state index contributed by atoms with van der Waals surface area (Å²) < 4.78 is 6.77. The zero-order valence-electron chi connectivity index (χ0n) is 12.4. The molecule has 1 aromatic carbocycles. The molecule has 116 valence electrons. The lowest BCUT2D eigenvalue weighted by atomic mass is 10.1. The third-order valence-corrected chi connectivity index (χ3v) is 3.21. The third kappa shape index (κ3) is 3.63. The Balaban J connectivity index is 2.13. The maximum atomic E-state index is 12.4. The van der Waals surface area contributed by atoms with Crippen LogP contribution in [0, 0.1) is 0 Å². The van der Waals surface area contributed by atoms with Crippen molar-refractivity contribution in [2.75, 3.05) is 20.7 Å². The lowest BCUT2D eigenvalue weighted by molar-refractivity contribution is 0.0696. The normalized spacial score (nSPS) is 10.3.